The van der Waals surface area contributed by atoms with Crippen molar-refractivity contribution in [3.05, 3.63) is 65.2 Å². The molecule has 0 saturated carbocycles. The largest absolute Gasteiger partial charge is 0.369 e. The first-order valence-electron chi connectivity index (χ1n) is 12.6. The first kappa shape index (κ1) is 26.0. The van der Waals surface area contributed by atoms with Crippen LogP contribution in [0, 0.1) is 31.3 Å². The van der Waals surface area contributed by atoms with Crippen LogP contribution in [0.25, 0.3) is 33.8 Å². The summed E-state index contributed by atoms with van der Waals surface area (Å²) in [6.07, 6.45) is 0. The maximum Gasteiger partial charge on any atom is 0.182 e. The lowest BCUT2D eigenvalue weighted by Crippen LogP contribution is -2.48. The highest BCUT2D eigenvalue weighted by molar-refractivity contribution is 5.89. The number of anilines is 1. The van der Waals surface area contributed by atoms with Gasteiger partial charge in [-0.25, -0.2) is 33.1 Å². The number of fused-ring (bicyclic) bond motifs is 1. The molecular weight excluding hydrogens is 491 g/mol. The van der Waals surface area contributed by atoms with E-state index < -0.39 is 17.5 Å². The van der Waals surface area contributed by atoms with Crippen LogP contribution >= 0.6 is 0 Å². The van der Waals surface area contributed by atoms with Gasteiger partial charge in [0.2, 0.25) is 0 Å². The summed E-state index contributed by atoms with van der Waals surface area (Å²) in [6.45, 7) is 8.88. The summed E-state index contributed by atoms with van der Waals surface area (Å²) in [5.41, 5.74) is 3.30. The zero-order valence-corrected chi connectivity index (χ0v) is 22.0. The molecule has 1 fully saturated rings. The Morgan fingerprint density at radius 3 is 2.26 bits per heavy atom. The lowest BCUT2D eigenvalue weighted by atomic mass is 10.1. The number of benzene rings is 2. The van der Waals surface area contributed by atoms with E-state index in [4.69, 9.17) is 0 Å². The predicted octanol–water partition coefficient (Wildman–Crippen LogP) is 4.47. The summed E-state index contributed by atoms with van der Waals surface area (Å²) >= 11 is 0. The van der Waals surface area contributed by atoms with Gasteiger partial charge in [0.15, 0.2) is 11.5 Å². The topological polar surface area (TPSA) is 61.3 Å². The van der Waals surface area contributed by atoms with Crippen molar-refractivity contribution in [2.45, 2.75) is 13.8 Å². The molecular formula is C28H30F3N7. The third kappa shape index (κ3) is 5.46. The second-order valence-electron chi connectivity index (χ2n) is 9.92. The zero-order valence-electron chi connectivity index (χ0n) is 22.0. The van der Waals surface area contributed by atoms with Crippen molar-refractivity contribution in [2.75, 3.05) is 58.3 Å². The molecule has 38 heavy (non-hydrogen) atoms. The molecule has 2 aromatic carbocycles. The van der Waals surface area contributed by atoms with E-state index in [0.717, 1.165) is 51.0 Å². The van der Waals surface area contributed by atoms with Gasteiger partial charge in [-0.05, 0) is 58.3 Å². The van der Waals surface area contributed by atoms with Gasteiger partial charge in [-0.1, -0.05) is 0 Å². The van der Waals surface area contributed by atoms with Crippen LogP contribution in [0.15, 0.2) is 36.4 Å². The minimum absolute atomic E-state index is 0.0723. The van der Waals surface area contributed by atoms with E-state index in [0.29, 0.717) is 22.5 Å². The van der Waals surface area contributed by atoms with Crippen LogP contribution in [0.3, 0.4) is 0 Å². The Bertz CT molecular complexity index is 1480. The average molecular weight is 522 g/mol. The van der Waals surface area contributed by atoms with Crippen molar-refractivity contribution in [3.8, 4) is 22.6 Å². The number of piperazine rings is 1. The molecule has 0 amide bonds. The van der Waals surface area contributed by atoms with Crippen LogP contribution in [0.4, 0.5) is 18.9 Å². The third-order valence-corrected chi connectivity index (χ3v) is 6.87. The van der Waals surface area contributed by atoms with Crippen LogP contribution in [0.1, 0.15) is 11.4 Å². The van der Waals surface area contributed by atoms with Gasteiger partial charge in [0, 0.05) is 62.1 Å². The molecule has 4 aromatic rings. The predicted molar refractivity (Wildman–Crippen MR) is 143 cm³/mol. The van der Waals surface area contributed by atoms with Gasteiger partial charge in [0.05, 0.1) is 11.4 Å². The van der Waals surface area contributed by atoms with Crippen LogP contribution in [0.5, 0.6) is 0 Å². The SMILES string of the molecule is Cc1nc2nc(-c3cc(F)cc(N4CCN(CCN(C)C)CC4)c3)nc(-c3ccc(F)cc3F)c2nc1C. The first-order chi connectivity index (χ1) is 18.2. The highest BCUT2D eigenvalue weighted by Crippen LogP contribution is 2.32. The van der Waals surface area contributed by atoms with E-state index in [-0.39, 0.29) is 22.7 Å². The number of nitrogens with zero attached hydrogens (tertiary/aromatic N) is 7. The fraction of sp³-hybridized carbons (Fsp3) is 0.357. The van der Waals surface area contributed by atoms with Gasteiger partial charge in [0.25, 0.3) is 0 Å². The molecule has 1 aliphatic rings. The monoisotopic (exact) mass is 521 g/mol. The van der Waals surface area contributed by atoms with Crippen molar-refractivity contribution in [1.29, 1.82) is 0 Å². The number of hydrogen-bond donors (Lipinski definition) is 0. The zero-order chi connectivity index (χ0) is 27.0. The molecule has 5 rings (SSSR count). The van der Waals surface area contributed by atoms with E-state index in [9.17, 15) is 13.2 Å². The van der Waals surface area contributed by atoms with E-state index in [1.54, 1.807) is 13.8 Å². The van der Waals surface area contributed by atoms with Crippen molar-refractivity contribution in [1.82, 2.24) is 29.7 Å². The molecule has 7 nitrogen and oxygen atoms in total. The van der Waals surface area contributed by atoms with Gasteiger partial charge in [-0.15, -0.1) is 0 Å². The van der Waals surface area contributed by atoms with Gasteiger partial charge >= 0.3 is 0 Å². The molecule has 3 heterocycles. The van der Waals surface area contributed by atoms with Gasteiger partial charge in [-0.3, -0.25) is 4.90 Å². The summed E-state index contributed by atoms with van der Waals surface area (Å²) in [5, 5.41) is 0. The Morgan fingerprint density at radius 1 is 0.816 bits per heavy atom. The number of hydrogen-bond acceptors (Lipinski definition) is 7. The Hall–Kier alpha value is -3.63. The molecule has 10 heteroatoms. The fourth-order valence-corrected chi connectivity index (χ4v) is 4.57. The number of aromatic nitrogens is 4. The lowest BCUT2D eigenvalue weighted by molar-refractivity contribution is 0.229. The fourth-order valence-electron chi connectivity index (χ4n) is 4.57. The Balaban J connectivity index is 1.54. The summed E-state index contributed by atoms with van der Waals surface area (Å²) in [5.74, 6) is -1.70. The molecule has 2 aromatic heterocycles. The smallest absolute Gasteiger partial charge is 0.182 e. The molecule has 198 valence electrons. The van der Waals surface area contributed by atoms with E-state index in [1.807, 2.05) is 6.07 Å². The van der Waals surface area contributed by atoms with Gasteiger partial charge in [-0.2, -0.15) is 0 Å². The van der Waals surface area contributed by atoms with E-state index in [2.05, 4.69) is 48.7 Å². The molecule has 0 atom stereocenters. The van der Waals surface area contributed by atoms with Crippen molar-refractivity contribution in [2.24, 2.45) is 0 Å². The first-order valence-corrected chi connectivity index (χ1v) is 12.6. The molecule has 0 unspecified atom stereocenters. The highest BCUT2D eigenvalue weighted by Gasteiger charge is 2.21. The second-order valence-corrected chi connectivity index (χ2v) is 9.92. The standard InChI is InChI=1S/C28H30F3N7/c1-17-18(2)33-28-26(32-17)25(23-6-5-20(29)16-24(23)31)34-27(35-28)19-13-21(30)15-22(14-19)38-11-9-37(10-12-38)8-7-36(3)4/h5-6,13-16H,7-12H2,1-4H3. The molecule has 0 N–H and O–H groups in total. The number of likely N-dealkylation sites (N-methyl/N-ethyl adjacent to an activating group) is 1. The third-order valence-electron chi connectivity index (χ3n) is 6.87. The lowest BCUT2D eigenvalue weighted by Gasteiger charge is -2.36. The van der Waals surface area contributed by atoms with Crippen LogP contribution in [0.2, 0.25) is 0 Å². The summed E-state index contributed by atoms with van der Waals surface area (Å²) in [4.78, 5) is 25.0. The molecule has 0 radical (unpaired) electrons. The normalized spacial score (nSPS) is 14.6. The Labute approximate surface area is 220 Å². The molecule has 0 aliphatic carbocycles. The molecule has 1 saturated heterocycles. The summed E-state index contributed by atoms with van der Waals surface area (Å²) < 4.78 is 43.4. The molecule has 0 spiro atoms. The van der Waals surface area contributed by atoms with Crippen LogP contribution in [-0.4, -0.2) is 83.1 Å². The minimum Gasteiger partial charge on any atom is -0.369 e. The van der Waals surface area contributed by atoms with Crippen molar-refractivity contribution >= 4 is 16.9 Å². The Kier molecular flexibility index (Phi) is 7.27. The molecule has 0 bridgehead atoms. The van der Waals surface area contributed by atoms with Crippen molar-refractivity contribution in [3.63, 3.8) is 0 Å². The number of halogens is 3. The highest BCUT2D eigenvalue weighted by atomic mass is 19.1. The average Bonchev–Trinajstić information content (AvgIpc) is 2.88. The van der Waals surface area contributed by atoms with E-state index in [1.165, 1.54) is 24.3 Å². The summed E-state index contributed by atoms with van der Waals surface area (Å²) in [6, 6.07) is 8.00. The Morgan fingerprint density at radius 2 is 1.55 bits per heavy atom. The maximum atomic E-state index is 14.9. The summed E-state index contributed by atoms with van der Waals surface area (Å²) in [7, 11) is 4.12. The maximum absolute atomic E-state index is 14.9. The minimum atomic E-state index is -0.775. The van der Waals surface area contributed by atoms with Crippen LogP contribution in [-0.2, 0) is 0 Å². The second kappa shape index (κ2) is 10.6. The van der Waals surface area contributed by atoms with Crippen LogP contribution < -0.4 is 4.90 Å². The van der Waals surface area contributed by atoms with E-state index >= 15 is 0 Å². The van der Waals surface area contributed by atoms with Gasteiger partial charge in [0.1, 0.15) is 28.7 Å². The quantitative estimate of drug-likeness (QED) is 0.371. The number of aryl methyl sites for hydroxylation is 2. The van der Waals surface area contributed by atoms with Crippen molar-refractivity contribution < 1.29 is 13.2 Å². The molecule has 1 aliphatic heterocycles. The number of rotatable bonds is 6. The van der Waals surface area contributed by atoms with Gasteiger partial charge < -0.3 is 9.80 Å².